The van der Waals surface area contributed by atoms with E-state index in [2.05, 4.69) is 43.1 Å². The first-order valence-electron chi connectivity index (χ1n) is 9.23. The first-order chi connectivity index (χ1) is 13.3. The average Bonchev–Trinajstić information content (AvgIpc) is 3.29. The number of nitrogens with zero attached hydrogens (tertiary/aromatic N) is 3. The molecule has 28 heavy (non-hydrogen) atoms. The standard InChI is InChI=1S/C22H21N3O3/c1-22(2,3)16-8-4-14(5-9-16)20-23-24-21(28-20)15-6-10-17(11-7-15)25-18(26)12-13-19(25)27/h4-11H,12-13H2,1-3H3. The van der Waals surface area contributed by atoms with E-state index in [1.54, 1.807) is 24.3 Å². The van der Waals surface area contributed by atoms with Crippen LogP contribution in [0.1, 0.15) is 39.2 Å². The Kier molecular flexibility index (Phi) is 4.34. The molecule has 142 valence electrons. The van der Waals surface area contributed by atoms with E-state index in [1.165, 1.54) is 10.5 Å². The van der Waals surface area contributed by atoms with Gasteiger partial charge >= 0.3 is 0 Å². The SMILES string of the molecule is CC(C)(C)c1ccc(-c2nnc(-c3ccc(N4C(=O)CCC4=O)cc3)o2)cc1. The van der Waals surface area contributed by atoms with Gasteiger partial charge in [-0.25, -0.2) is 0 Å². The number of amides is 2. The highest BCUT2D eigenvalue weighted by Gasteiger charge is 2.30. The van der Waals surface area contributed by atoms with Crippen LogP contribution in [0.4, 0.5) is 5.69 Å². The van der Waals surface area contributed by atoms with E-state index in [0.29, 0.717) is 17.5 Å². The summed E-state index contributed by atoms with van der Waals surface area (Å²) in [7, 11) is 0. The zero-order chi connectivity index (χ0) is 19.9. The van der Waals surface area contributed by atoms with Crippen molar-refractivity contribution in [1.82, 2.24) is 10.2 Å². The molecule has 1 saturated heterocycles. The van der Waals surface area contributed by atoms with Crippen LogP contribution < -0.4 is 4.90 Å². The molecule has 1 aromatic heterocycles. The number of carbonyl (C=O) groups is 2. The molecule has 1 fully saturated rings. The summed E-state index contributed by atoms with van der Waals surface area (Å²) in [5.41, 5.74) is 3.47. The molecule has 2 amide bonds. The van der Waals surface area contributed by atoms with Crippen molar-refractivity contribution in [3.63, 3.8) is 0 Å². The van der Waals surface area contributed by atoms with E-state index < -0.39 is 0 Å². The predicted molar refractivity (Wildman–Crippen MR) is 106 cm³/mol. The van der Waals surface area contributed by atoms with Crippen molar-refractivity contribution >= 4 is 17.5 Å². The van der Waals surface area contributed by atoms with E-state index in [1.807, 2.05) is 12.1 Å². The second kappa shape index (κ2) is 6.71. The molecule has 0 unspecified atom stereocenters. The summed E-state index contributed by atoms with van der Waals surface area (Å²) in [5.74, 6) is 0.498. The fourth-order valence-electron chi connectivity index (χ4n) is 3.19. The monoisotopic (exact) mass is 375 g/mol. The predicted octanol–water partition coefficient (Wildman–Crippen LogP) is 4.35. The van der Waals surface area contributed by atoms with Crippen molar-refractivity contribution in [2.45, 2.75) is 39.0 Å². The maximum absolute atomic E-state index is 11.9. The first-order valence-corrected chi connectivity index (χ1v) is 9.23. The van der Waals surface area contributed by atoms with Crippen molar-refractivity contribution in [2.75, 3.05) is 4.90 Å². The Hall–Kier alpha value is -3.28. The Bertz CT molecular complexity index is 1010. The van der Waals surface area contributed by atoms with Gasteiger partial charge in [-0.1, -0.05) is 32.9 Å². The molecule has 2 aromatic carbocycles. The molecule has 1 aliphatic heterocycles. The summed E-state index contributed by atoms with van der Waals surface area (Å²) in [6, 6.07) is 15.1. The quantitative estimate of drug-likeness (QED) is 0.636. The molecule has 3 aromatic rings. The highest BCUT2D eigenvalue weighted by Crippen LogP contribution is 2.29. The zero-order valence-electron chi connectivity index (χ0n) is 16.1. The number of hydrogen-bond donors (Lipinski definition) is 0. The summed E-state index contributed by atoms with van der Waals surface area (Å²) < 4.78 is 5.82. The lowest BCUT2D eigenvalue weighted by molar-refractivity contribution is -0.121. The molecular weight excluding hydrogens is 354 g/mol. The van der Waals surface area contributed by atoms with E-state index in [-0.39, 0.29) is 30.1 Å². The summed E-state index contributed by atoms with van der Waals surface area (Å²) in [6.45, 7) is 6.50. The van der Waals surface area contributed by atoms with Crippen LogP contribution >= 0.6 is 0 Å². The normalized spacial score (nSPS) is 14.8. The van der Waals surface area contributed by atoms with Crippen LogP contribution in [-0.4, -0.2) is 22.0 Å². The van der Waals surface area contributed by atoms with Crippen LogP contribution in [-0.2, 0) is 15.0 Å². The van der Waals surface area contributed by atoms with Crippen LogP contribution in [0.5, 0.6) is 0 Å². The molecule has 0 spiro atoms. The number of carbonyl (C=O) groups excluding carboxylic acids is 2. The lowest BCUT2D eigenvalue weighted by Crippen LogP contribution is -2.28. The third kappa shape index (κ3) is 3.33. The summed E-state index contributed by atoms with van der Waals surface area (Å²) in [6.07, 6.45) is 0.531. The zero-order valence-corrected chi connectivity index (χ0v) is 16.1. The highest BCUT2D eigenvalue weighted by molar-refractivity contribution is 6.19. The Balaban J connectivity index is 1.56. The van der Waals surface area contributed by atoms with Crippen LogP contribution in [0.25, 0.3) is 22.9 Å². The van der Waals surface area contributed by atoms with Gasteiger partial charge in [0.05, 0.1) is 5.69 Å². The van der Waals surface area contributed by atoms with Gasteiger partial charge < -0.3 is 4.42 Å². The fraction of sp³-hybridized carbons (Fsp3) is 0.273. The smallest absolute Gasteiger partial charge is 0.248 e. The summed E-state index contributed by atoms with van der Waals surface area (Å²) >= 11 is 0. The first kappa shape index (κ1) is 18.1. The van der Waals surface area contributed by atoms with Crippen LogP contribution in [0.15, 0.2) is 52.9 Å². The summed E-state index contributed by atoms with van der Waals surface area (Å²) in [5, 5.41) is 8.27. The van der Waals surface area contributed by atoms with Gasteiger partial charge in [0.25, 0.3) is 0 Å². The van der Waals surface area contributed by atoms with Gasteiger partial charge in [-0.2, -0.15) is 0 Å². The summed E-state index contributed by atoms with van der Waals surface area (Å²) in [4.78, 5) is 24.9. The number of rotatable bonds is 3. The minimum absolute atomic E-state index is 0.0817. The minimum Gasteiger partial charge on any atom is -0.416 e. The molecule has 0 radical (unpaired) electrons. The van der Waals surface area contributed by atoms with Crippen molar-refractivity contribution in [3.8, 4) is 22.9 Å². The Morgan fingerprint density at radius 2 is 1.25 bits per heavy atom. The van der Waals surface area contributed by atoms with Crippen LogP contribution in [0.3, 0.4) is 0 Å². The largest absolute Gasteiger partial charge is 0.416 e. The van der Waals surface area contributed by atoms with Crippen LogP contribution in [0, 0.1) is 0 Å². The highest BCUT2D eigenvalue weighted by atomic mass is 16.4. The van der Waals surface area contributed by atoms with E-state index in [4.69, 9.17) is 4.42 Å². The lowest BCUT2D eigenvalue weighted by atomic mass is 9.87. The minimum atomic E-state index is -0.170. The molecule has 0 saturated carbocycles. The van der Waals surface area contributed by atoms with Gasteiger partial charge in [0.15, 0.2) is 0 Å². The Morgan fingerprint density at radius 3 is 1.71 bits per heavy atom. The van der Waals surface area contributed by atoms with E-state index >= 15 is 0 Å². The molecule has 1 aliphatic rings. The van der Waals surface area contributed by atoms with Crippen molar-refractivity contribution < 1.29 is 14.0 Å². The van der Waals surface area contributed by atoms with Crippen molar-refractivity contribution in [3.05, 3.63) is 54.1 Å². The van der Waals surface area contributed by atoms with Gasteiger partial charge in [-0.15, -0.1) is 10.2 Å². The number of hydrogen-bond acceptors (Lipinski definition) is 5. The third-order valence-corrected chi connectivity index (χ3v) is 4.85. The molecule has 0 N–H and O–H groups in total. The molecule has 6 nitrogen and oxygen atoms in total. The second-order valence-electron chi connectivity index (χ2n) is 7.91. The number of anilines is 1. The average molecular weight is 375 g/mol. The fourth-order valence-corrected chi connectivity index (χ4v) is 3.19. The van der Waals surface area contributed by atoms with E-state index in [0.717, 1.165) is 11.1 Å². The Labute approximate surface area is 163 Å². The van der Waals surface area contributed by atoms with Gasteiger partial charge in [-0.3, -0.25) is 14.5 Å². The molecule has 6 heteroatoms. The second-order valence-corrected chi connectivity index (χ2v) is 7.91. The van der Waals surface area contributed by atoms with Crippen LogP contribution in [0.2, 0.25) is 0 Å². The molecular formula is C22H21N3O3. The van der Waals surface area contributed by atoms with Gasteiger partial charge in [0.1, 0.15) is 0 Å². The molecule has 0 aliphatic carbocycles. The van der Waals surface area contributed by atoms with E-state index in [9.17, 15) is 9.59 Å². The van der Waals surface area contributed by atoms with Gasteiger partial charge in [0.2, 0.25) is 23.6 Å². The topological polar surface area (TPSA) is 76.3 Å². The maximum atomic E-state index is 11.9. The molecule has 2 heterocycles. The van der Waals surface area contributed by atoms with Gasteiger partial charge in [-0.05, 0) is 47.4 Å². The molecule has 0 bridgehead atoms. The molecule has 0 atom stereocenters. The van der Waals surface area contributed by atoms with Gasteiger partial charge in [0, 0.05) is 24.0 Å². The number of benzene rings is 2. The third-order valence-electron chi connectivity index (χ3n) is 4.85. The Morgan fingerprint density at radius 1 is 0.786 bits per heavy atom. The maximum Gasteiger partial charge on any atom is 0.248 e. The number of aromatic nitrogens is 2. The number of imide groups is 1. The van der Waals surface area contributed by atoms with Crippen molar-refractivity contribution in [1.29, 1.82) is 0 Å². The lowest BCUT2D eigenvalue weighted by Gasteiger charge is -2.18. The molecule has 4 rings (SSSR count). The van der Waals surface area contributed by atoms with Crippen molar-refractivity contribution in [2.24, 2.45) is 0 Å².